The summed E-state index contributed by atoms with van der Waals surface area (Å²) in [5.41, 5.74) is 0. The lowest BCUT2D eigenvalue weighted by atomic mass is 9.89. The second kappa shape index (κ2) is 4.37. The van der Waals surface area contributed by atoms with Crippen LogP contribution in [0.5, 0.6) is 0 Å². The summed E-state index contributed by atoms with van der Waals surface area (Å²) in [7, 11) is 1.57. The Balaban J connectivity index is 2.69. The Kier molecular flexibility index (Phi) is 3.67. The van der Waals surface area contributed by atoms with Gasteiger partial charge in [0.15, 0.2) is 0 Å². The molecule has 13 heavy (non-hydrogen) atoms. The molecule has 1 heterocycles. The van der Waals surface area contributed by atoms with Crippen LogP contribution >= 0.6 is 0 Å². The summed E-state index contributed by atoms with van der Waals surface area (Å²) in [5, 5.41) is 18.6. The average Bonchev–Trinajstić information content (AvgIpc) is 2.12. The van der Waals surface area contributed by atoms with E-state index in [1.54, 1.807) is 7.11 Å². The predicted molar refractivity (Wildman–Crippen MR) is 47.4 cm³/mol. The molecule has 5 atom stereocenters. The lowest BCUT2D eigenvalue weighted by Gasteiger charge is -2.41. The minimum Gasteiger partial charge on any atom is -0.394 e. The fourth-order valence-electron chi connectivity index (χ4n) is 1.77. The number of hydrogen-bond donors (Lipinski definition) is 2. The van der Waals surface area contributed by atoms with Gasteiger partial charge in [-0.25, -0.2) is 0 Å². The normalized spacial score (nSPS) is 46.4. The van der Waals surface area contributed by atoms with Crippen LogP contribution in [0, 0.1) is 5.92 Å². The quantitative estimate of drug-likeness (QED) is 0.632. The minimum atomic E-state index is -0.735. The van der Waals surface area contributed by atoms with Crippen molar-refractivity contribution in [1.82, 2.24) is 0 Å². The lowest BCUT2D eigenvalue weighted by Crippen LogP contribution is -2.54. The molecular formula is C9H18O4. The van der Waals surface area contributed by atoms with Gasteiger partial charge in [0.2, 0.25) is 0 Å². The topological polar surface area (TPSA) is 58.9 Å². The maximum Gasteiger partial charge on any atom is 0.109 e. The van der Waals surface area contributed by atoms with Crippen molar-refractivity contribution in [2.45, 2.75) is 38.3 Å². The predicted octanol–water partition coefficient (Wildman–Crippen LogP) is -0.222. The van der Waals surface area contributed by atoms with Gasteiger partial charge in [0, 0.05) is 13.0 Å². The smallest absolute Gasteiger partial charge is 0.109 e. The standard InChI is InChI=1S/C9H18O4/c1-5-6(2)13-7(4-10)8(11)9(5)12-3/h5-11H,4H2,1-3H3/t5?,6-,7?,8+,9+/m0/s1. The van der Waals surface area contributed by atoms with Crippen molar-refractivity contribution >= 4 is 0 Å². The van der Waals surface area contributed by atoms with Crippen LogP contribution in [0.25, 0.3) is 0 Å². The van der Waals surface area contributed by atoms with Crippen LogP contribution < -0.4 is 0 Å². The molecular weight excluding hydrogens is 172 g/mol. The summed E-state index contributed by atoms with van der Waals surface area (Å²) in [6.45, 7) is 3.72. The number of hydrogen-bond acceptors (Lipinski definition) is 4. The van der Waals surface area contributed by atoms with E-state index >= 15 is 0 Å². The largest absolute Gasteiger partial charge is 0.394 e. The highest BCUT2D eigenvalue weighted by Gasteiger charge is 2.40. The van der Waals surface area contributed by atoms with E-state index in [0.29, 0.717) is 0 Å². The Morgan fingerprint density at radius 2 is 2.00 bits per heavy atom. The molecule has 0 amide bonds. The van der Waals surface area contributed by atoms with Crippen LogP contribution in [0.2, 0.25) is 0 Å². The van der Waals surface area contributed by atoms with E-state index in [9.17, 15) is 5.11 Å². The number of rotatable bonds is 2. The van der Waals surface area contributed by atoms with Gasteiger partial charge in [-0.3, -0.25) is 0 Å². The molecule has 0 aromatic rings. The van der Waals surface area contributed by atoms with Gasteiger partial charge in [-0.1, -0.05) is 6.92 Å². The first kappa shape index (κ1) is 10.9. The van der Waals surface area contributed by atoms with Gasteiger partial charge >= 0.3 is 0 Å². The zero-order valence-electron chi connectivity index (χ0n) is 8.30. The van der Waals surface area contributed by atoms with E-state index in [2.05, 4.69) is 0 Å². The summed E-state index contributed by atoms with van der Waals surface area (Å²) >= 11 is 0. The first-order valence-corrected chi connectivity index (χ1v) is 4.59. The van der Waals surface area contributed by atoms with Crippen molar-refractivity contribution in [1.29, 1.82) is 0 Å². The zero-order chi connectivity index (χ0) is 10.0. The summed E-state index contributed by atoms with van der Waals surface area (Å²) in [5.74, 6) is 0.141. The van der Waals surface area contributed by atoms with E-state index in [-0.39, 0.29) is 24.7 Å². The Bertz CT molecular complexity index is 162. The summed E-state index contributed by atoms with van der Waals surface area (Å²) < 4.78 is 10.6. The number of ether oxygens (including phenoxy) is 2. The minimum absolute atomic E-state index is 0.00509. The Labute approximate surface area is 78.5 Å². The third-order valence-electron chi connectivity index (χ3n) is 2.82. The maximum absolute atomic E-state index is 9.71. The Morgan fingerprint density at radius 1 is 1.38 bits per heavy atom. The SMILES string of the molecule is CO[C@@H]1C(C)[C@H](C)OC(CO)[C@H]1O. The molecule has 0 aromatic heterocycles. The van der Waals surface area contributed by atoms with Crippen molar-refractivity contribution in [3.63, 3.8) is 0 Å². The van der Waals surface area contributed by atoms with Gasteiger partial charge in [-0.2, -0.15) is 0 Å². The molecule has 0 aromatic carbocycles. The van der Waals surface area contributed by atoms with Crippen LogP contribution in [-0.2, 0) is 9.47 Å². The molecule has 4 heteroatoms. The van der Waals surface area contributed by atoms with E-state index in [4.69, 9.17) is 14.6 Å². The van der Waals surface area contributed by atoms with Gasteiger partial charge in [0.1, 0.15) is 12.2 Å². The zero-order valence-corrected chi connectivity index (χ0v) is 8.30. The van der Waals surface area contributed by atoms with Crippen LogP contribution in [0.1, 0.15) is 13.8 Å². The van der Waals surface area contributed by atoms with E-state index in [1.165, 1.54) is 0 Å². The van der Waals surface area contributed by atoms with Crippen LogP contribution in [0.15, 0.2) is 0 Å². The number of methoxy groups -OCH3 is 1. The molecule has 4 nitrogen and oxygen atoms in total. The Morgan fingerprint density at radius 3 is 2.46 bits per heavy atom. The second-order valence-corrected chi connectivity index (χ2v) is 3.61. The first-order valence-electron chi connectivity index (χ1n) is 4.59. The van der Waals surface area contributed by atoms with Crippen molar-refractivity contribution in [3.05, 3.63) is 0 Å². The maximum atomic E-state index is 9.71. The first-order chi connectivity index (χ1) is 6.11. The van der Waals surface area contributed by atoms with E-state index in [1.807, 2.05) is 13.8 Å². The van der Waals surface area contributed by atoms with Crippen molar-refractivity contribution < 1.29 is 19.7 Å². The fraction of sp³-hybridized carbons (Fsp3) is 1.00. The molecule has 0 spiro atoms. The van der Waals surface area contributed by atoms with Gasteiger partial charge < -0.3 is 19.7 Å². The van der Waals surface area contributed by atoms with Gasteiger partial charge in [0.05, 0.1) is 18.8 Å². The highest BCUT2D eigenvalue weighted by Crippen LogP contribution is 2.27. The molecule has 1 aliphatic heterocycles. The Hall–Kier alpha value is -0.160. The third kappa shape index (κ3) is 2.02. The molecule has 0 radical (unpaired) electrons. The highest BCUT2D eigenvalue weighted by atomic mass is 16.5. The lowest BCUT2D eigenvalue weighted by molar-refractivity contribution is -0.207. The third-order valence-corrected chi connectivity index (χ3v) is 2.82. The fourth-order valence-corrected chi connectivity index (χ4v) is 1.77. The van der Waals surface area contributed by atoms with Crippen molar-refractivity contribution in [2.75, 3.05) is 13.7 Å². The van der Waals surface area contributed by atoms with Gasteiger partial charge in [-0.05, 0) is 6.92 Å². The van der Waals surface area contributed by atoms with E-state index in [0.717, 1.165) is 0 Å². The molecule has 0 saturated carbocycles. The van der Waals surface area contributed by atoms with Crippen LogP contribution in [-0.4, -0.2) is 48.3 Å². The highest BCUT2D eigenvalue weighted by molar-refractivity contribution is 4.89. The summed E-state index contributed by atoms with van der Waals surface area (Å²) in [6.07, 6.45) is -1.50. The number of aliphatic hydroxyl groups excluding tert-OH is 2. The van der Waals surface area contributed by atoms with Gasteiger partial charge in [0.25, 0.3) is 0 Å². The average molecular weight is 190 g/mol. The van der Waals surface area contributed by atoms with Crippen LogP contribution in [0.3, 0.4) is 0 Å². The molecule has 0 aliphatic carbocycles. The van der Waals surface area contributed by atoms with E-state index < -0.39 is 12.2 Å². The summed E-state index contributed by atoms with van der Waals surface area (Å²) in [4.78, 5) is 0. The number of aliphatic hydroxyl groups is 2. The molecule has 78 valence electrons. The second-order valence-electron chi connectivity index (χ2n) is 3.61. The molecule has 1 aliphatic rings. The molecule has 1 fully saturated rings. The van der Waals surface area contributed by atoms with Crippen molar-refractivity contribution in [3.8, 4) is 0 Å². The summed E-state index contributed by atoms with van der Waals surface area (Å²) in [6, 6.07) is 0. The van der Waals surface area contributed by atoms with Gasteiger partial charge in [-0.15, -0.1) is 0 Å². The molecule has 1 saturated heterocycles. The monoisotopic (exact) mass is 190 g/mol. The molecule has 2 unspecified atom stereocenters. The molecule has 2 N–H and O–H groups in total. The molecule has 0 bridgehead atoms. The van der Waals surface area contributed by atoms with Crippen molar-refractivity contribution in [2.24, 2.45) is 5.92 Å². The molecule has 1 rings (SSSR count). The van der Waals surface area contributed by atoms with Crippen LogP contribution in [0.4, 0.5) is 0 Å².